The minimum atomic E-state index is -0.411. The van der Waals surface area contributed by atoms with Gasteiger partial charge in [-0.05, 0) is 30.1 Å². The predicted octanol–water partition coefficient (Wildman–Crippen LogP) is 2.74. The first-order valence-corrected chi connectivity index (χ1v) is 8.24. The molecule has 0 spiro atoms. The summed E-state index contributed by atoms with van der Waals surface area (Å²) in [4.78, 5) is 25.1. The Morgan fingerprint density at radius 3 is 3.15 bits per heavy atom. The Labute approximate surface area is 148 Å². The highest BCUT2D eigenvalue weighted by Crippen LogP contribution is 2.28. The number of piperidine rings is 1. The lowest BCUT2D eigenvalue weighted by atomic mass is 9.98. The van der Waals surface area contributed by atoms with Gasteiger partial charge in [0.05, 0.1) is 18.4 Å². The zero-order valence-corrected chi connectivity index (χ0v) is 13.8. The highest BCUT2D eigenvalue weighted by atomic mass is 19.1. The molecule has 134 valence electrons. The van der Waals surface area contributed by atoms with Crippen LogP contribution < -0.4 is 4.74 Å². The average molecular weight is 357 g/mol. The first-order valence-electron chi connectivity index (χ1n) is 8.24. The number of carbonyl (C=O) groups is 1. The van der Waals surface area contributed by atoms with Gasteiger partial charge in [0, 0.05) is 19.2 Å². The zero-order chi connectivity index (χ0) is 17.9. The summed E-state index contributed by atoms with van der Waals surface area (Å²) in [6.07, 6.45) is 4.63. The molecule has 1 N–H and O–H groups in total. The first-order chi connectivity index (χ1) is 12.7. The molecule has 0 radical (unpaired) electrons. The molecular weight excluding hydrogens is 341 g/mol. The molecule has 0 unspecified atom stereocenters. The van der Waals surface area contributed by atoms with Gasteiger partial charge in [-0.2, -0.15) is 4.98 Å². The van der Waals surface area contributed by atoms with Crippen LogP contribution in [0.15, 0.2) is 41.3 Å². The smallest absolute Gasteiger partial charge is 0.359 e. The molecule has 0 bridgehead atoms. The molecule has 8 nitrogen and oxygen atoms in total. The van der Waals surface area contributed by atoms with E-state index in [4.69, 9.17) is 9.26 Å². The Morgan fingerprint density at radius 1 is 1.42 bits per heavy atom. The lowest BCUT2D eigenvalue weighted by Gasteiger charge is -2.30. The maximum absolute atomic E-state index is 13.2. The average Bonchev–Trinajstić information content (AvgIpc) is 3.33. The van der Waals surface area contributed by atoms with Crippen LogP contribution in [0, 0.1) is 5.82 Å². The zero-order valence-electron chi connectivity index (χ0n) is 13.8. The number of rotatable bonds is 4. The minimum Gasteiger partial charge on any atom is -0.422 e. The van der Waals surface area contributed by atoms with Crippen molar-refractivity contribution in [2.45, 2.75) is 18.8 Å². The fraction of sp³-hybridized carbons (Fsp3) is 0.294. The number of benzene rings is 1. The molecule has 3 heterocycles. The Balaban J connectivity index is 1.44. The quantitative estimate of drug-likeness (QED) is 0.771. The molecule has 26 heavy (non-hydrogen) atoms. The van der Waals surface area contributed by atoms with Gasteiger partial charge in [0.2, 0.25) is 5.89 Å². The molecule has 9 heteroatoms. The molecule has 0 saturated carbocycles. The number of aromatic amines is 1. The molecule has 2 aromatic heterocycles. The number of hydrogen-bond donors (Lipinski definition) is 1. The summed E-state index contributed by atoms with van der Waals surface area (Å²) in [5, 5.41) is 3.79. The molecule has 1 aromatic carbocycles. The lowest BCUT2D eigenvalue weighted by molar-refractivity contribution is 0.0690. The van der Waals surface area contributed by atoms with Gasteiger partial charge in [0.1, 0.15) is 17.3 Å². The third-order valence-corrected chi connectivity index (χ3v) is 4.21. The molecule has 1 saturated heterocycles. The van der Waals surface area contributed by atoms with Gasteiger partial charge >= 0.3 is 6.01 Å². The number of hydrogen-bond acceptors (Lipinski definition) is 6. The van der Waals surface area contributed by atoms with Crippen LogP contribution in [0.4, 0.5) is 4.39 Å². The van der Waals surface area contributed by atoms with Crippen molar-refractivity contribution in [2.75, 3.05) is 13.1 Å². The first kappa shape index (κ1) is 16.2. The summed E-state index contributed by atoms with van der Waals surface area (Å²) in [5.74, 6) is 0.0953. The van der Waals surface area contributed by atoms with Gasteiger partial charge in [0.25, 0.3) is 5.91 Å². The predicted molar refractivity (Wildman–Crippen MR) is 87.2 cm³/mol. The lowest BCUT2D eigenvalue weighted by Crippen LogP contribution is -2.39. The Bertz CT molecular complexity index is 895. The van der Waals surface area contributed by atoms with Crippen LogP contribution in [0.5, 0.6) is 11.8 Å². The number of ether oxygens (including phenoxy) is 1. The van der Waals surface area contributed by atoms with E-state index < -0.39 is 5.82 Å². The van der Waals surface area contributed by atoms with Gasteiger partial charge < -0.3 is 19.1 Å². The second-order valence-electron chi connectivity index (χ2n) is 6.03. The van der Waals surface area contributed by atoms with Gasteiger partial charge in [-0.25, -0.2) is 9.37 Å². The second-order valence-corrected chi connectivity index (χ2v) is 6.03. The van der Waals surface area contributed by atoms with E-state index in [1.54, 1.807) is 11.0 Å². The van der Waals surface area contributed by atoms with Crippen molar-refractivity contribution < 1.29 is 18.4 Å². The monoisotopic (exact) mass is 357 g/mol. The fourth-order valence-corrected chi connectivity index (χ4v) is 2.97. The molecule has 0 aliphatic carbocycles. The standard InChI is InChI=1S/C17H16FN5O3/c18-12-4-1-5-13(7-12)25-17-21-15(26-22-17)11-3-2-6-23(9-11)16(24)14-8-19-10-20-14/h1,4-5,7-8,10-11H,2-3,6,9H2,(H,19,20)/t11-/m0/s1. The van der Waals surface area contributed by atoms with Gasteiger partial charge in [0.15, 0.2) is 0 Å². The van der Waals surface area contributed by atoms with Crippen molar-refractivity contribution in [3.8, 4) is 11.8 Å². The van der Waals surface area contributed by atoms with E-state index in [0.717, 1.165) is 12.8 Å². The van der Waals surface area contributed by atoms with Crippen LogP contribution in [0.25, 0.3) is 0 Å². The number of likely N-dealkylation sites (tertiary alicyclic amines) is 1. The number of amides is 1. The number of imidazole rings is 1. The van der Waals surface area contributed by atoms with E-state index in [0.29, 0.717) is 24.7 Å². The second kappa shape index (κ2) is 6.95. The number of aromatic nitrogens is 4. The maximum atomic E-state index is 13.2. The summed E-state index contributed by atoms with van der Waals surface area (Å²) < 4.78 is 23.9. The van der Waals surface area contributed by atoms with E-state index in [1.165, 1.54) is 30.7 Å². The van der Waals surface area contributed by atoms with Crippen molar-refractivity contribution in [2.24, 2.45) is 0 Å². The Kier molecular flexibility index (Phi) is 4.34. The highest BCUT2D eigenvalue weighted by molar-refractivity contribution is 5.92. The topological polar surface area (TPSA) is 97.1 Å². The van der Waals surface area contributed by atoms with Crippen molar-refractivity contribution in [1.29, 1.82) is 0 Å². The summed E-state index contributed by atoms with van der Waals surface area (Å²) in [7, 11) is 0. The molecule has 1 amide bonds. The molecular formula is C17H16FN5O3. The summed E-state index contributed by atoms with van der Waals surface area (Å²) in [5.41, 5.74) is 0.450. The highest BCUT2D eigenvalue weighted by Gasteiger charge is 2.29. The third kappa shape index (κ3) is 3.41. The van der Waals surface area contributed by atoms with E-state index >= 15 is 0 Å². The normalized spacial score (nSPS) is 17.3. The van der Waals surface area contributed by atoms with Crippen LogP contribution in [-0.4, -0.2) is 44.0 Å². The number of carbonyl (C=O) groups excluding carboxylic acids is 1. The molecule has 4 rings (SSSR count). The molecule has 1 fully saturated rings. The van der Waals surface area contributed by atoms with Crippen LogP contribution in [0.2, 0.25) is 0 Å². The summed E-state index contributed by atoms with van der Waals surface area (Å²) >= 11 is 0. The van der Waals surface area contributed by atoms with E-state index in [2.05, 4.69) is 20.1 Å². The van der Waals surface area contributed by atoms with Crippen molar-refractivity contribution in [3.05, 3.63) is 54.2 Å². The molecule has 3 aromatic rings. The van der Waals surface area contributed by atoms with E-state index in [1.807, 2.05) is 0 Å². The van der Waals surface area contributed by atoms with Gasteiger partial charge in [-0.1, -0.05) is 6.07 Å². The van der Waals surface area contributed by atoms with Crippen LogP contribution in [0.3, 0.4) is 0 Å². The number of nitrogens with one attached hydrogen (secondary N) is 1. The van der Waals surface area contributed by atoms with E-state index in [9.17, 15) is 9.18 Å². The summed E-state index contributed by atoms with van der Waals surface area (Å²) in [6.45, 7) is 1.13. The third-order valence-electron chi connectivity index (χ3n) is 4.21. The number of H-pyrrole nitrogens is 1. The number of nitrogens with zero attached hydrogens (tertiary/aromatic N) is 4. The van der Waals surface area contributed by atoms with E-state index in [-0.39, 0.29) is 23.6 Å². The maximum Gasteiger partial charge on any atom is 0.359 e. The largest absolute Gasteiger partial charge is 0.422 e. The van der Waals surface area contributed by atoms with Crippen LogP contribution >= 0.6 is 0 Å². The van der Waals surface area contributed by atoms with Crippen LogP contribution in [0.1, 0.15) is 35.1 Å². The van der Waals surface area contributed by atoms with Crippen molar-refractivity contribution >= 4 is 5.91 Å². The SMILES string of the molecule is O=C(c1cnc[nH]1)N1CCC[C@H](c2nc(Oc3cccc(F)c3)no2)C1. The molecule has 1 aliphatic rings. The molecule has 1 aliphatic heterocycles. The van der Waals surface area contributed by atoms with Crippen molar-refractivity contribution in [1.82, 2.24) is 25.0 Å². The minimum absolute atomic E-state index is 0.0163. The summed E-state index contributed by atoms with van der Waals surface area (Å²) in [6, 6.07) is 5.71. The fourth-order valence-electron chi connectivity index (χ4n) is 2.97. The Morgan fingerprint density at radius 2 is 2.35 bits per heavy atom. The number of halogens is 1. The Hall–Kier alpha value is -3.23. The van der Waals surface area contributed by atoms with Gasteiger partial charge in [-0.3, -0.25) is 4.79 Å². The van der Waals surface area contributed by atoms with Crippen LogP contribution in [-0.2, 0) is 0 Å². The van der Waals surface area contributed by atoms with Gasteiger partial charge in [-0.15, -0.1) is 0 Å². The molecule has 1 atom stereocenters. The van der Waals surface area contributed by atoms with Crippen molar-refractivity contribution in [3.63, 3.8) is 0 Å².